The average molecular weight is 365 g/mol. The van der Waals surface area contributed by atoms with Crippen molar-refractivity contribution in [2.75, 3.05) is 23.3 Å². The highest BCUT2D eigenvalue weighted by Crippen LogP contribution is 2.26. The molecular formula is C21H23N3O3. The minimum absolute atomic E-state index is 0.260. The number of aromatic nitrogens is 1. The summed E-state index contributed by atoms with van der Waals surface area (Å²) in [4.78, 5) is 27.5. The van der Waals surface area contributed by atoms with Crippen LogP contribution in [0.15, 0.2) is 53.3 Å². The second kappa shape index (κ2) is 7.53. The third-order valence-corrected chi connectivity index (χ3v) is 4.76. The summed E-state index contributed by atoms with van der Waals surface area (Å²) in [6, 6.07) is 14.3. The van der Waals surface area contributed by atoms with Gasteiger partial charge in [0.15, 0.2) is 0 Å². The van der Waals surface area contributed by atoms with Gasteiger partial charge in [-0.15, -0.1) is 0 Å². The van der Waals surface area contributed by atoms with Crippen LogP contribution in [0.3, 0.4) is 0 Å². The SMILES string of the molecule is CCN(CC)c1ccc(NC(=O)c2c(O)c3ccccc3n(C)c2=O)cc1. The van der Waals surface area contributed by atoms with E-state index in [0.717, 1.165) is 18.8 Å². The number of anilines is 2. The number of nitrogens with zero attached hydrogens (tertiary/aromatic N) is 2. The number of fused-ring (bicyclic) bond motifs is 1. The summed E-state index contributed by atoms with van der Waals surface area (Å²) in [5, 5.41) is 13.7. The Labute approximate surface area is 157 Å². The first-order valence-corrected chi connectivity index (χ1v) is 8.95. The molecule has 27 heavy (non-hydrogen) atoms. The first-order chi connectivity index (χ1) is 13.0. The van der Waals surface area contributed by atoms with Crippen LogP contribution in [0.25, 0.3) is 10.9 Å². The Kier molecular flexibility index (Phi) is 5.16. The van der Waals surface area contributed by atoms with Crippen molar-refractivity contribution < 1.29 is 9.90 Å². The van der Waals surface area contributed by atoms with Crippen molar-refractivity contribution >= 4 is 28.2 Å². The van der Waals surface area contributed by atoms with E-state index in [1.807, 2.05) is 12.1 Å². The van der Waals surface area contributed by atoms with Gasteiger partial charge in [0.25, 0.3) is 11.5 Å². The summed E-state index contributed by atoms with van der Waals surface area (Å²) in [6.45, 7) is 5.95. The summed E-state index contributed by atoms with van der Waals surface area (Å²) < 4.78 is 1.37. The normalized spacial score (nSPS) is 10.8. The van der Waals surface area contributed by atoms with Crippen molar-refractivity contribution in [3.63, 3.8) is 0 Å². The summed E-state index contributed by atoms with van der Waals surface area (Å²) in [5.74, 6) is -0.930. The molecule has 0 unspecified atom stereocenters. The molecule has 3 aromatic rings. The number of nitrogens with one attached hydrogen (secondary N) is 1. The Balaban J connectivity index is 1.94. The monoisotopic (exact) mass is 365 g/mol. The summed E-state index contributed by atoms with van der Waals surface area (Å²) in [6.07, 6.45) is 0. The molecule has 0 aliphatic carbocycles. The molecule has 6 heteroatoms. The number of amides is 1. The average Bonchev–Trinajstić information content (AvgIpc) is 2.68. The van der Waals surface area contributed by atoms with Crippen molar-refractivity contribution in [1.29, 1.82) is 0 Å². The maximum atomic E-state index is 12.7. The molecule has 6 nitrogen and oxygen atoms in total. The molecule has 140 valence electrons. The Bertz CT molecular complexity index is 1030. The third kappa shape index (κ3) is 3.38. The number of carbonyl (C=O) groups excluding carboxylic acids is 1. The topological polar surface area (TPSA) is 74.6 Å². The number of benzene rings is 2. The van der Waals surface area contributed by atoms with E-state index in [2.05, 4.69) is 24.1 Å². The van der Waals surface area contributed by atoms with Gasteiger partial charge in [0.05, 0.1) is 5.52 Å². The first-order valence-electron chi connectivity index (χ1n) is 8.95. The fraction of sp³-hybridized carbons (Fsp3) is 0.238. The number of hydrogen-bond donors (Lipinski definition) is 2. The second-order valence-electron chi connectivity index (χ2n) is 6.28. The molecule has 2 N–H and O–H groups in total. The largest absolute Gasteiger partial charge is 0.506 e. The number of aromatic hydroxyl groups is 1. The molecular weight excluding hydrogens is 342 g/mol. The van der Waals surface area contributed by atoms with Crippen LogP contribution in [0.2, 0.25) is 0 Å². The van der Waals surface area contributed by atoms with Crippen LogP contribution in [-0.2, 0) is 7.05 Å². The second-order valence-corrected chi connectivity index (χ2v) is 6.28. The van der Waals surface area contributed by atoms with Gasteiger partial charge in [-0.25, -0.2) is 0 Å². The first kappa shape index (κ1) is 18.5. The molecule has 0 aliphatic rings. The quantitative estimate of drug-likeness (QED) is 0.727. The van der Waals surface area contributed by atoms with Crippen LogP contribution in [0.5, 0.6) is 5.75 Å². The Hall–Kier alpha value is -3.28. The molecule has 0 fully saturated rings. The van der Waals surface area contributed by atoms with E-state index < -0.39 is 11.5 Å². The van der Waals surface area contributed by atoms with Gasteiger partial charge in [-0.3, -0.25) is 9.59 Å². The fourth-order valence-corrected chi connectivity index (χ4v) is 3.22. The lowest BCUT2D eigenvalue weighted by atomic mass is 10.1. The Morgan fingerprint density at radius 1 is 1.07 bits per heavy atom. The summed E-state index contributed by atoms with van der Waals surface area (Å²) in [5.41, 5.74) is 1.39. The number of carbonyl (C=O) groups is 1. The summed E-state index contributed by atoms with van der Waals surface area (Å²) in [7, 11) is 1.58. The molecule has 2 aromatic carbocycles. The molecule has 1 amide bonds. The number of aryl methyl sites for hydroxylation is 1. The molecule has 0 spiro atoms. The molecule has 0 bridgehead atoms. The van der Waals surface area contributed by atoms with Gasteiger partial charge in [0, 0.05) is 36.9 Å². The Morgan fingerprint density at radius 3 is 2.33 bits per heavy atom. The van der Waals surface area contributed by atoms with Crippen LogP contribution in [0, 0.1) is 0 Å². The van der Waals surface area contributed by atoms with E-state index in [1.54, 1.807) is 43.4 Å². The smallest absolute Gasteiger partial charge is 0.267 e. The lowest BCUT2D eigenvalue weighted by Gasteiger charge is -2.21. The zero-order valence-corrected chi connectivity index (χ0v) is 15.7. The van der Waals surface area contributed by atoms with Gasteiger partial charge < -0.3 is 19.9 Å². The van der Waals surface area contributed by atoms with Gasteiger partial charge in [0.2, 0.25) is 0 Å². The van der Waals surface area contributed by atoms with Crippen LogP contribution in [-0.4, -0.2) is 28.7 Å². The predicted octanol–water partition coefficient (Wildman–Crippen LogP) is 3.34. The number of hydrogen-bond acceptors (Lipinski definition) is 4. The van der Waals surface area contributed by atoms with Crippen LogP contribution in [0.1, 0.15) is 24.2 Å². The van der Waals surface area contributed by atoms with E-state index in [4.69, 9.17) is 0 Å². The fourth-order valence-electron chi connectivity index (χ4n) is 3.22. The van der Waals surface area contributed by atoms with Gasteiger partial charge in [-0.2, -0.15) is 0 Å². The number of para-hydroxylation sites is 1. The van der Waals surface area contributed by atoms with Crippen molar-refractivity contribution in [3.05, 3.63) is 64.4 Å². The summed E-state index contributed by atoms with van der Waals surface area (Å²) >= 11 is 0. The molecule has 0 saturated carbocycles. The third-order valence-electron chi connectivity index (χ3n) is 4.76. The van der Waals surface area contributed by atoms with E-state index in [1.165, 1.54) is 4.57 Å². The minimum atomic E-state index is -0.630. The molecule has 3 rings (SSSR count). The van der Waals surface area contributed by atoms with Crippen molar-refractivity contribution in [2.24, 2.45) is 7.05 Å². The molecule has 1 heterocycles. The number of pyridine rings is 1. The van der Waals surface area contributed by atoms with Crippen molar-refractivity contribution in [1.82, 2.24) is 4.57 Å². The van der Waals surface area contributed by atoms with Gasteiger partial charge in [-0.05, 0) is 50.2 Å². The lowest BCUT2D eigenvalue weighted by molar-refractivity contribution is 0.102. The zero-order valence-electron chi connectivity index (χ0n) is 15.7. The zero-order chi connectivity index (χ0) is 19.6. The standard InChI is InChI=1S/C21H23N3O3/c1-4-24(5-2)15-12-10-14(11-13-15)22-20(26)18-19(25)16-8-6-7-9-17(16)23(3)21(18)27/h6-13,25H,4-5H2,1-3H3,(H,22,26). The van der Waals surface area contributed by atoms with Crippen molar-refractivity contribution in [2.45, 2.75) is 13.8 Å². The van der Waals surface area contributed by atoms with E-state index >= 15 is 0 Å². The molecule has 1 aromatic heterocycles. The van der Waals surface area contributed by atoms with E-state index in [-0.39, 0.29) is 11.3 Å². The van der Waals surface area contributed by atoms with Gasteiger partial charge >= 0.3 is 0 Å². The van der Waals surface area contributed by atoms with E-state index in [9.17, 15) is 14.7 Å². The number of rotatable bonds is 5. The highest BCUT2D eigenvalue weighted by molar-refractivity contribution is 6.09. The van der Waals surface area contributed by atoms with Crippen molar-refractivity contribution in [3.8, 4) is 5.75 Å². The lowest BCUT2D eigenvalue weighted by Crippen LogP contribution is -2.28. The maximum Gasteiger partial charge on any atom is 0.267 e. The highest BCUT2D eigenvalue weighted by Gasteiger charge is 2.21. The van der Waals surface area contributed by atoms with Crippen LogP contribution < -0.4 is 15.8 Å². The molecule has 0 radical (unpaired) electrons. The minimum Gasteiger partial charge on any atom is -0.506 e. The highest BCUT2D eigenvalue weighted by atomic mass is 16.3. The Morgan fingerprint density at radius 2 is 1.70 bits per heavy atom. The van der Waals surface area contributed by atoms with Crippen LogP contribution in [0.4, 0.5) is 11.4 Å². The maximum absolute atomic E-state index is 12.7. The van der Waals surface area contributed by atoms with Crippen LogP contribution >= 0.6 is 0 Å². The van der Waals surface area contributed by atoms with E-state index in [0.29, 0.717) is 16.6 Å². The molecule has 0 atom stereocenters. The molecule has 0 saturated heterocycles. The predicted molar refractivity (Wildman–Crippen MR) is 109 cm³/mol. The van der Waals surface area contributed by atoms with Gasteiger partial charge in [-0.1, -0.05) is 12.1 Å². The molecule has 0 aliphatic heterocycles. The van der Waals surface area contributed by atoms with Gasteiger partial charge in [0.1, 0.15) is 11.3 Å².